The van der Waals surface area contributed by atoms with E-state index < -0.39 is 0 Å². The van der Waals surface area contributed by atoms with Crippen LogP contribution in [0.25, 0.3) is 120 Å². The molecule has 0 aliphatic carbocycles. The second-order valence-corrected chi connectivity index (χ2v) is 15.0. The summed E-state index contributed by atoms with van der Waals surface area (Å²) in [5.74, 6) is 1.86. The molecular formula is C49H27N3O2S. The van der Waals surface area contributed by atoms with Crippen molar-refractivity contribution < 1.29 is 8.83 Å². The summed E-state index contributed by atoms with van der Waals surface area (Å²) >= 11 is 1.79. The average molecular weight is 722 g/mol. The molecule has 4 heterocycles. The maximum absolute atomic E-state index is 6.25. The topological polar surface area (TPSA) is 65.0 Å². The number of thiophene rings is 1. The van der Waals surface area contributed by atoms with Crippen molar-refractivity contribution in [3.63, 3.8) is 0 Å². The fourth-order valence-corrected chi connectivity index (χ4v) is 9.38. The van der Waals surface area contributed by atoms with Crippen LogP contribution in [0.4, 0.5) is 0 Å². The molecule has 256 valence electrons. The minimum atomic E-state index is 0.610. The van der Waals surface area contributed by atoms with Crippen LogP contribution in [0.3, 0.4) is 0 Å². The number of aromatic nitrogens is 3. The van der Waals surface area contributed by atoms with Crippen LogP contribution in [0.5, 0.6) is 0 Å². The van der Waals surface area contributed by atoms with Crippen molar-refractivity contribution in [2.24, 2.45) is 0 Å². The Morgan fingerprint density at radius 3 is 1.78 bits per heavy atom. The van der Waals surface area contributed by atoms with Crippen molar-refractivity contribution in [2.75, 3.05) is 0 Å². The molecule has 0 amide bonds. The minimum Gasteiger partial charge on any atom is -0.456 e. The summed E-state index contributed by atoms with van der Waals surface area (Å²) < 4.78 is 14.9. The first kappa shape index (κ1) is 30.3. The lowest BCUT2D eigenvalue weighted by Crippen LogP contribution is -2.00. The number of para-hydroxylation sites is 2. The van der Waals surface area contributed by atoms with Crippen molar-refractivity contribution in [1.82, 2.24) is 15.0 Å². The molecule has 6 heteroatoms. The van der Waals surface area contributed by atoms with Crippen LogP contribution >= 0.6 is 11.3 Å². The number of hydrogen-bond donors (Lipinski definition) is 0. The number of benzene rings is 8. The van der Waals surface area contributed by atoms with E-state index in [1.54, 1.807) is 11.3 Å². The third kappa shape index (κ3) is 4.68. The third-order valence-electron chi connectivity index (χ3n) is 10.7. The first-order valence-corrected chi connectivity index (χ1v) is 19.1. The van der Waals surface area contributed by atoms with Gasteiger partial charge in [0.1, 0.15) is 22.3 Å². The normalized spacial score (nSPS) is 12.0. The smallest absolute Gasteiger partial charge is 0.164 e. The molecule has 0 fully saturated rings. The van der Waals surface area contributed by atoms with Crippen molar-refractivity contribution in [1.29, 1.82) is 0 Å². The number of fused-ring (bicyclic) bond motifs is 11. The monoisotopic (exact) mass is 721 g/mol. The Hall–Kier alpha value is -7.15. The predicted molar refractivity (Wildman–Crippen MR) is 227 cm³/mol. The molecule has 0 atom stereocenters. The molecule has 0 saturated carbocycles. The fourth-order valence-electron chi connectivity index (χ4n) is 8.25. The van der Waals surface area contributed by atoms with E-state index >= 15 is 0 Å². The summed E-state index contributed by atoms with van der Waals surface area (Å²) in [5, 5.41) is 8.99. The van der Waals surface area contributed by atoms with Crippen LogP contribution in [0, 0.1) is 0 Å². The number of nitrogens with zero attached hydrogens (tertiary/aromatic N) is 3. The highest BCUT2D eigenvalue weighted by Gasteiger charge is 2.19. The molecule has 0 spiro atoms. The standard InChI is InChI=1S/C49H27N3O2S/c1-4-17-38-34(12-1)44-32(15-8-19-40(44)53-38)28-10-7-11-30(26-28)47-50-48(52-49(51-47)37-16-9-21-43-46(37)36-14-3-6-20-42(36)55-43)31-22-24-33-29(27-31)23-25-41-45(33)35-13-2-5-18-39(35)54-41/h1-27H. The second-order valence-electron chi connectivity index (χ2n) is 13.9. The molecule has 12 aromatic rings. The van der Waals surface area contributed by atoms with E-state index in [4.69, 9.17) is 23.8 Å². The second kappa shape index (κ2) is 11.7. The number of furan rings is 2. The molecule has 0 aliphatic heterocycles. The molecule has 5 nitrogen and oxygen atoms in total. The van der Waals surface area contributed by atoms with Gasteiger partial charge in [-0.15, -0.1) is 11.3 Å². The van der Waals surface area contributed by atoms with E-state index in [9.17, 15) is 0 Å². The summed E-state index contributed by atoms with van der Waals surface area (Å²) in [6.07, 6.45) is 0. The van der Waals surface area contributed by atoms with Crippen LogP contribution in [-0.4, -0.2) is 15.0 Å². The van der Waals surface area contributed by atoms with E-state index in [-0.39, 0.29) is 0 Å². The van der Waals surface area contributed by atoms with Gasteiger partial charge in [-0.3, -0.25) is 0 Å². The van der Waals surface area contributed by atoms with Crippen LogP contribution in [0.1, 0.15) is 0 Å². The van der Waals surface area contributed by atoms with Gasteiger partial charge in [0.25, 0.3) is 0 Å². The lowest BCUT2D eigenvalue weighted by Gasteiger charge is -2.11. The lowest BCUT2D eigenvalue weighted by atomic mass is 9.97. The molecule has 8 aromatic carbocycles. The van der Waals surface area contributed by atoms with Crippen LogP contribution in [0.2, 0.25) is 0 Å². The zero-order valence-corrected chi connectivity index (χ0v) is 30.0. The van der Waals surface area contributed by atoms with Crippen molar-refractivity contribution in [2.45, 2.75) is 0 Å². The van der Waals surface area contributed by atoms with Gasteiger partial charge in [0, 0.05) is 58.4 Å². The molecule has 0 bridgehead atoms. The van der Waals surface area contributed by atoms with E-state index in [1.807, 2.05) is 30.3 Å². The highest BCUT2D eigenvalue weighted by Crippen LogP contribution is 2.42. The summed E-state index contributed by atoms with van der Waals surface area (Å²) in [4.78, 5) is 15.7. The summed E-state index contributed by atoms with van der Waals surface area (Å²) in [6.45, 7) is 0. The summed E-state index contributed by atoms with van der Waals surface area (Å²) in [6, 6.07) is 56.8. The molecule has 55 heavy (non-hydrogen) atoms. The van der Waals surface area contributed by atoms with Gasteiger partial charge in [0.2, 0.25) is 0 Å². The fraction of sp³-hybridized carbons (Fsp3) is 0. The zero-order chi connectivity index (χ0) is 36.0. The summed E-state index contributed by atoms with van der Waals surface area (Å²) in [5.41, 5.74) is 8.46. The van der Waals surface area contributed by atoms with Crippen LogP contribution in [-0.2, 0) is 0 Å². The van der Waals surface area contributed by atoms with Crippen molar-refractivity contribution in [3.05, 3.63) is 164 Å². The largest absolute Gasteiger partial charge is 0.456 e. The molecule has 0 saturated heterocycles. The summed E-state index contributed by atoms with van der Waals surface area (Å²) in [7, 11) is 0. The maximum Gasteiger partial charge on any atom is 0.164 e. The van der Waals surface area contributed by atoms with Gasteiger partial charge in [0.15, 0.2) is 17.5 Å². The highest BCUT2D eigenvalue weighted by atomic mass is 32.1. The lowest BCUT2D eigenvalue weighted by molar-refractivity contribution is 0.668. The van der Waals surface area contributed by atoms with Gasteiger partial charge in [-0.05, 0) is 70.4 Å². The Labute approximate surface area is 317 Å². The van der Waals surface area contributed by atoms with Gasteiger partial charge in [-0.25, -0.2) is 15.0 Å². The Kier molecular flexibility index (Phi) is 6.44. The molecule has 12 rings (SSSR count). The van der Waals surface area contributed by atoms with E-state index in [0.717, 1.165) is 87.9 Å². The minimum absolute atomic E-state index is 0.610. The molecule has 0 aliphatic rings. The highest BCUT2D eigenvalue weighted by molar-refractivity contribution is 7.25. The molecular weight excluding hydrogens is 695 g/mol. The first-order chi connectivity index (χ1) is 27.2. The van der Waals surface area contributed by atoms with E-state index in [2.05, 4.69) is 133 Å². The Morgan fingerprint density at radius 2 is 0.945 bits per heavy atom. The van der Waals surface area contributed by atoms with Gasteiger partial charge in [-0.1, -0.05) is 115 Å². The van der Waals surface area contributed by atoms with Crippen molar-refractivity contribution in [3.8, 4) is 45.3 Å². The zero-order valence-electron chi connectivity index (χ0n) is 29.2. The van der Waals surface area contributed by atoms with Gasteiger partial charge in [-0.2, -0.15) is 0 Å². The Morgan fingerprint density at radius 1 is 0.345 bits per heavy atom. The van der Waals surface area contributed by atoms with E-state index in [1.165, 1.54) is 14.8 Å². The molecule has 0 N–H and O–H groups in total. The molecule has 4 aromatic heterocycles. The number of hydrogen-bond acceptors (Lipinski definition) is 6. The van der Waals surface area contributed by atoms with Gasteiger partial charge < -0.3 is 8.83 Å². The quantitative estimate of drug-likeness (QED) is 0.181. The van der Waals surface area contributed by atoms with Crippen molar-refractivity contribution >= 4 is 86.2 Å². The maximum atomic E-state index is 6.25. The predicted octanol–water partition coefficient (Wildman–Crippen LogP) is 13.9. The Bertz CT molecular complexity index is 3520. The van der Waals surface area contributed by atoms with E-state index in [0.29, 0.717) is 17.5 Å². The third-order valence-corrected chi connectivity index (χ3v) is 11.9. The molecule has 0 unspecified atom stereocenters. The first-order valence-electron chi connectivity index (χ1n) is 18.3. The number of rotatable bonds is 4. The van der Waals surface area contributed by atoms with Crippen LogP contribution < -0.4 is 0 Å². The SMILES string of the molecule is c1cc(-c2nc(-c3ccc4c(ccc5oc6ccccc6c54)c3)nc(-c3cccc4sc5ccccc5c34)n2)cc(-c2cccc3oc4ccccc4c23)c1. The van der Waals surface area contributed by atoms with Gasteiger partial charge in [0.05, 0.1) is 0 Å². The average Bonchev–Trinajstić information content (AvgIpc) is 3.95. The van der Waals surface area contributed by atoms with Gasteiger partial charge >= 0.3 is 0 Å². The Balaban J connectivity index is 1.08. The van der Waals surface area contributed by atoms with Crippen LogP contribution in [0.15, 0.2) is 173 Å². The molecule has 0 radical (unpaired) electrons.